The number of hydrogen-bond donors (Lipinski definition) is 1. The van der Waals surface area contributed by atoms with E-state index in [9.17, 15) is 22.4 Å². The highest BCUT2D eigenvalue weighted by Gasteiger charge is 2.38. The molecule has 0 saturated carbocycles. The molecule has 1 saturated heterocycles. The Morgan fingerprint density at radius 1 is 1.06 bits per heavy atom. The zero-order chi connectivity index (χ0) is 22.0. The molecule has 1 aliphatic heterocycles. The number of halogens is 4. The van der Waals surface area contributed by atoms with Crippen molar-refractivity contribution in [1.29, 1.82) is 0 Å². The largest absolute Gasteiger partial charge is 0.449 e. The van der Waals surface area contributed by atoms with E-state index in [1.165, 1.54) is 16.7 Å². The molecule has 0 bridgehead atoms. The Balaban J connectivity index is 1.36. The minimum Gasteiger partial charge on any atom is -0.334 e. The highest BCUT2D eigenvalue weighted by molar-refractivity contribution is 5.76. The fourth-order valence-electron chi connectivity index (χ4n) is 3.95. The maximum Gasteiger partial charge on any atom is 0.449 e. The van der Waals surface area contributed by atoms with Crippen LogP contribution in [0.1, 0.15) is 24.2 Å². The minimum absolute atomic E-state index is 0.0138. The highest BCUT2D eigenvalue weighted by Crippen LogP contribution is 2.33. The summed E-state index contributed by atoms with van der Waals surface area (Å²) in [4.78, 5) is 17.9. The lowest BCUT2D eigenvalue weighted by Crippen LogP contribution is -2.44. The van der Waals surface area contributed by atoms with Gasteiger partial charge in [-0.1, -0.05) is 24.3 Å². The van der Waals surface area contributed by atoms with Crippen LogP contribution in [-0.2, 0) is 19.3 Å². The van der Waals surface area contributed by atoms with Gasteiger partial charge in [-0.2, -0.15) is 13.2 Å². The molecule has 3 aromatic rings. The first-order chi connectivity index (χ1) is 14.8. The van der Waals surface area contributed by atoms with Gasteiger partial charge >= 0.3 is 12.2 Å². The maximum atomic E-state index is 13.5. The number of hydrogen-bond acceptors (Lipinski definition) is 2. The SMILES string of the molecule is O=C(NCc1ccc(F)cc1)N1CCC(Cn2c(C(F)(F)F)nc3ccccc32)CC1. The van der Waals surface area contributed by atoms with Gasteiger partial charge in [-0.3, -0.25) is 0 Å². The average molecular weight is 434 g/mol. The van der Waals surface area contributed by atoms with Gasteiger partial charge in [-0.05, 0) is 48.6 Å². The monoisotopic (exact) mass is 434 g/mol. The first kappa shape index (κ1) is 21.1. The lowest BCUT2D eigenvalue weighted by molar-refractivity contribution is -0.147. The van der Waals surface area contributed by atoms with Crippen LogP contribution in [0.4, 0.5) is 22.4 Å². The predicted octanol–water partition coefficient (Wildman–Crippen LogP) is 4.82. The number of aromatic nitrogens is 2. The second-order valence-corrected chi connectivity index (χ2v) is 7.75. The molecule has 1 aliphatic rings. The molecule has 0 radical (unpaired) electrons. The smallest absolute Gasteiger partial charge is 0.334 e. The number of carbonyl (C=O) groups excluding carboxylic acids is 1. The van der Waals surface area contributed by atoms with E-state index < -0.39 is 12.0 Å². The number of carbonyl (C=O) groups is 1. The molecule has 2 aromatic carbocycles. The second kappa shape index (κ2) is 8.56. The van der Waals surface area contributed by atoms with Crippen molar-refractivity contribution in [3.8, 4) is 0 Å². The number of amides is 2. The van der Waals surface area contributed by atoms with Crippen molar-refractivity contribution in [2.24, 2.45) is 5.92 Å². The molecule has 0 atom stereocenters. The molecule has 0 unspecified atom stereocenters. The number of benzene rings is 2. The van der Waals surface area contributed by atoms with Gasteiger partial charge in [0.05, 0.1) is 11.0 Å². The third-order valence-corrected chi connectivity index (χ3v) is 5.61. The van der Waals surface area contributed by atoms with E-state index in [0.717, 1.165) is 5.56 Å². The number of para-hydroxylation sites is 2. The molecule has 1 N–H and O–H groups in total. The highest BCUT2D eigenvalue weighted by atomic mass is 19.4. The number of piperidine rings is 1. The van der Waals surface area contributed by atoms with Crippen LogP contribution in [0.25, 0.3) is 11.0 Å². The van der Waals surface area contributed by atoms with Crippen molar-refractivity contribution < 1.29 is 22.4 Å². The van der Waals surface area contributed by atoms with Gasteiger partial charge in [-0.25, -0.2) is 14.2 Å². The molecule has 31 heavy (non-hydrogen) atoms. The second-order valence-electron chi connectivity index (χ2n) is 7.75. The molecule has 1 fully saturated rings. The van der Waals surface area contributed by atoms with Gasteiger partial charge < -0.3 is 14.8 Å². The summed E-state index contributed by atoms with van der Waals surface area (Å²) in [7, 11) is 0. The average Bonchev–Trinajstić information content (AvgIpc) is 3.13. The van der Waals surface area contributed by atoms with Crippen LogP contribution in [-0.4, -0.2) is 33.6 Å². The molecule has 5 nitrogen and oxygen atoms in total. The number of likely N-dealkylation sites (tertiary alicyclic amines) is 1. The van der Waals surface area contributed by atoms with E-state index in [0.29, 0.717) is 37.0 Å². The minimum atomic E-state index is -4.53. The number of nitrogens with one attached hydrogen (secondary N) is 1. The zero-order valence-electron chi connectivity index (χ0n) is 16.7. The molecule has 0 aliphatic carbocycles. The maximum absolute atomic E-state index is 13.5. The van der Waals surface area contributed by atoms with Crippen LogP contribution < -0.4 is 5.32 Å². The number of imidazole rings is 1. The van der Waals surface area contributed by atoms with Crippen LogP contribution in [0.2, 0.25) is 0 Å². The molecule has 1 aromatic heterocycles. The van der Waals surface area contributed by atoms with Crippen molar-refractivity contribution in [2.45, 2.75) is 32.1 Å². The predicted molar refractivity (Wildman–Crippen MR) is 108 cm³/mol. The number of rotatable bonds is 4. The Kier molecular flexibility index (Phi) is 5.84. The molecule has 9 heteroatoms. The van der Waals surface area contributed by atoms with Crippen molar-refractivity contribution in [3.63, 3.8) is 0 Å². The number of fused-ring (bicyclic) bond motifs is 1. The van der Waals surface area contributed by atoms with Crippen LogP contribution >= 0.6 is 0 Å². The Hall–Kier alpha value is -3.10. The summed E-state index contributed by atoms with van der Waals surface area (Å²) in [6.07, 6.45) is -3.32. The van der Waals surface area contributed by atoms with Crippen molar-refractivity contribution >= 4 is 17.1 Å². The zero-order valence-corrected chi connectivity index (χ0v) is 16.7. The van der Waals surface area contributed by atoms with E-state index in [4.69, 9.17) is 0 Å². The molecule has 4 rings (SSSR count). The van der Waals surface area contributed by atoms with E-state index in [1.54, 1.807) is 41.3 Å². The molecular formula is C22H22F4N4O. The van der Waals surface area contributed by atoms with E-state index in [1.807, 2.05) is 0 Å². The number of urea groups is 1. The summed E-state index contributed by atoms with van der Waals surface area (Å²) in [5.74, 6) is -1.20. The van der Waals surface area contributed by atoms with Crippen molar-refractivity contribution in [3.05, 3.63) is 65.7 Å². The Morgan fingerprint density at radius 3 is 2.42 bits per heavy atom. The summed E-state index contributed by atoms with van der Waals surface area (Å²) in [6, 6.07) is 12.3. The van der Waals surface area contributed by atoms with Crippen LogP contribution in [0.5, 0.6) is 0 Å². The normalized spacial score (nSPS) is 15.4. The lowest BCUT2D eigenvalue weighted by Gasteiger charge is -2.32. The first-order valence-electron chi connectivity index (χ1n) is 10.1. The Morgan fingerprint density at radius 2 is 1.74 bits per heavy atom. The van der Waals surface area contributed by atoms with Gasteiger partial charge in [-0.15, -0.1) is 0 Å². The van der Waals surface area contributed by atoms with Gasteiger partial charge in [0.25, 0.3) is 0 Å². The standard InChI is InChI=1S/C22H22F4N4O/c23-17-7-5-15(6-8-17)13-27-21(31)29-11-9-16(10-12-29)14-30-19-4-2-1-3-18(19)28-20(30)22(24,25)26/h1-8,16H,9-14H2,(H,27,31). The summed E-state index contributed by atoms with van der Waals surface area (Å²) in [5, 5.41) is 2.80. The number of alkyl halides is 3. The molecule has 2 heterocycles. The fraction of sp³-hybridized carbons (Fsp3) is 0.364. The topological polar surface area (TPSA) is 50.2 Å². The van der Waals surface area contributed by atoms with E-state index >= 15 is 0 Å². The molecule has 2 amide bonds. The van der Waals surface area contributed by atoms with Gasteiger partial charge in [0, 0.05) is 26.2 Å². The van der Waals surface area contributed by atoms with Crippen LogP contribution in [0.15, 0.2) is 48.5 Å². The number of nitrogens with zero attached hydrogens (tertiary/aromatic N) is 3. The van der Waals surface area contributed by atoms with Gasteiger partial charge in [0.15, 0.2) is 0 Å². The first-order valence-corrected chi connectivity index (χ1v) is 10.1. The summed E-state index contributed by atoms with van der Waals surface area (Å²) in [5.41, 5.74) is 1.58. The fourth-order valence-corrected chi connectivity index (χ4v) is 3.95. The molecular weight excluding hydrogens is 412 g/mol. The summed E-state index contributed by atoms with van der Waals surface area (Å²) < 4.78 is 54.7. The van der Waals surface area contributed by atoms with E-state index in [-0.39, 0.29) is 30.9 Å². The third-order valence-electron chi connectivity index (χ3n) is 5.61. The molecule has 164 valence electrons. The van der Waals surface area contributed by atoms with Crippen molar-refractivity contribution in [1.82, 2.24) is 19.8 Å². The summed E-state index contributed by atoms with van der Waals surface area (Å²) >= 11 is 0. The quantitative estimate of drug-likeness (QED) is 0.599. The van der Waals surface area contributed by atoms with Gasteiger partial charge in [0.1, 0.15) is 5.82 Å². The van der Waals surface area contributed by atoms with Crippen LogP contribution in [0, 0.1) is 11.7 Å². The van der Waals surface area contributed by atoms with Crippen molar-refractivity contribution in [2.75, 3.05) is 13.1 Å². The lowest BCUT2D eigenvalue weighted by atomic mass is 9.96. The Bertz CT molecular complexity index is 1050. The third kappa shape index (κ3) is 4.81. The van der Waals surface area contributed by atoms with Crippen LogP contribution in [0.3, 0.4) is 0 Å². The Labute approximate surface area is 176 Å². The van der Waals surface area contributed by atoms with E-state index in [2.05, 4.69) is 10.3 Å². The van der Waals surface area contributed by atoms with Gasteiger partial charge in [0.2, 0.25) is 5.82 Å². The molecule has 0 spiro atoms. The summed E-state index contributed by atoms with van der Waals surface area (Å²) in [6.45, 7) is 1.43.